The van der Waals surface area contributed by atoms with Crippen LogP contribution in [0.5, 0.6) is 11.5 Å². The van der Waals surface area contributed by atoms with Crippen molar-refractivity contribution in [1.29, 1.82) is 0 Å². The number of carbonyl (C=O) groups is 1. The molecule has 0 saturated heterocycles. The first-order chi connectivity index (χ1) is 15.4. The highest BCUT2D eigenvalue weighted by Gasteiger charge is 2.14. The summed E-state index contributed by atoms with van der Waals surface area (Å²) in [6, 6.07) is 21.0. The third-order valence-electron chi connectivity index (χ3n) is 4.52. The van der Waals surface area contributed by atoms with Gasteiger partial charge in [0.15, 0.2) is 6.10 Å². The fourth-order valence-corrected chi connectivity index (χ4v) is 2.67. The molecule has 32 heavy (non-hydrogen) atoms. The molecule has 0 unspecified atom stereocenters. The van der Waals surface area contributed by atoms with E-state index >= 15 is 0 Å². The van der Waals surface area contributed by atoms with Gasteiger partial charge in [0.2, 0.25) is 0 Å². The number of aryl methyl sites for hydroxylation is 1. The van der Waals surface area contributed by atoms with Crippen LogP contribution < -0.4 is 14.9 Å². The Bertz CT molecular complexity index is 1080. The lowest BCUT2D eigenvalue weighted by Gasteiger charge is -2.12. The minimum atomic E-state index is -0.828. The van der Waals surface area contributed by atoms with E-state index in [2.05, 4.69) is 10.5 Å². The number of nitrogens with zero attached hydrogens (tertiary/aromatic N) is 2. The van der Waals surface area contributed by atoms with Gasteiger partial charge in [-0.3, -0.25) is 14.9 Å². The topological polar surface area (TPSA) is 103 Å². The number of nitro groups is 1. The molecule has 8 nitrogen and oxygen atoms in total. The molecule has 0 spiro atoms. The van der Waals surface area contributed by atoms with E-state index in [1.807, 2.05) is 55.5 Å². The maximum atomic E-state index is 12.1. The van der Waals surface area contributed by atoms with Crippen molar-refractivity contribution in [3.63, 3.8) is 0 Å². The number of nitrogens with one attached hydrogen (secondary N) is 1. The number of hydrazone groups is 1. The normalized spacial score (nSPS) is 11.7. The van der Waals surface area contributed by atoms with Crippen molar-refractivity contribution in [3.8, 4) is 11.5 Å². The molecule has 0 saturated carbocycles. The SMILES string of the molecule is Cc1ccc(COc2ccc(/C=N\NC(=O)[C@@H](C)Oc3ccc([N+](=O)[O-])cc3)cc2)cc1. The number of hydrogen-bond donors (Lipinski definition) is 1. The van der Waals surface area contributed by atoms with Gasteiger partial charge >= 0.3 is 0 Å². The molecule has 0 aliphatic carbocycles. The van der Waals surface area contributed by atoms with Gasteiger partial charge in [0.1, 0.15) is 18.1 Å². The van der Waals surface area contributed by atoms with E-state index in [4.69, 9.17) is 9.47 Å². The summed E-state index contributed by atoms with van der Waals surface area (Å²) < 4.78 is 11.2. The number of amides is 1. The third-order valence-corrected chi connectivity index (χ3v) is 4.52. The quantitative estimate of drug-likeness (QED) is 0.306. The van der Waals surface area contributed by atoms with E-state index < -0.39 is 16.9 Å². The summed E-state index contributed by atoms with van der Waals surface area (Å²) in [5.74, 6) is 0.637. The van der Waals surface area contributed by atoms with Crippen molar-refractivity contribution >= 4 is 17.8 Å². The van der Waals surface area contributed by atoms with Gasteiger partial charge in [-0.1, -0.05) is 29.8 Å². The number of benzene rings is 3. The molecule has 164 valence electrons. The first-order valence-corrected chi connectivity index (χ1v) is 9.93. The lowest BCUT2D eigenvalue weighted by atomic mass is 10.2. The number of hydrogen-bond acceptors (Lipinski definition) is 6. The Labute approximate surface area is 185 Å². The largest absolute Gasteiger partial charge is 0.489 e. The smallest absolute Gasteiger partial charge is 0.280 e. The van der Waals surface area contributed by atoms with Gasteiger partial charge in [-0.25, -0.2) is 5.43 Å². The Hall–Kier alpha value is -4.20. The Morgan fingerprint density at radius 3 is 2.28 bits per heavy atom. The zero-order valence-corrected chi connectivity index (χ0v) is 17.7. The van der Waals surface area contributed by atoms with Crippen molar-refractivity contribution in [2.24, 2.45) is 5.10 Å². The summed E-state index contributed by atoms with van der Waals surface area (Å²) in [5.41, 5.74) is 5.45. The summed E-state index contributed by atoms with van der Waals surface area (Å²) in [6.07, 6.45) is 0.687. The second-order valence-electron chi connectivity index (χ2n) is 7.09. The molecule has 0 bridgehead atoms. The summed E-state index contributed by atoms with van der Waals surface area (Å²) in [4.78, 5) is 22.3. The Balaban J connectivity index is 1.45. The predicted octanol–water partition coefficient (Wildman–Crippen LogP) is 4.40. The van der Waals surface area contributed by atoms with Crippen LogP contribution in [0.3, 0.4) is 0 Å². The summed E-state index contributed by atoms with van der Waals surface area (Å²) in [6.45, 7) is 4.09. The lowest BCUT2D eigenvalue weighted by molar-refractivity contribution is -0.384. The van der Waals surface area contributed by atoms with Crippen LogP contribution in [-0.2, 0) is 11.4 Å². The zero-order valence-electron chi connectivity index (χ0n) is 17.7. The van der Waals surface area contributed by atoms with Crippen LogP contribution in [0.25, 0.3) is 0 Å². The van der Waals surface area contributed by atoms with Crippen LogP contribution in [0.1, 0.15) is 23.6 Å². The summed E-state index contributed by atoms with van der Waals surface area (Å²) >= 11 is 0. The van der Waals surface area contributed by atoms with E-state index in [9.17, 15) is 14.9 Å². The molecule has 3 aromatic carbocycles. The highest BCUT2D eigenvalue weighted by atomic mass is 16.6. The van der Waals surface area contributed by atoms with E-state index in [0.29, 0.717) is 12.4 Å². The molecular formula is C24H23N3O5. The maximum Gasteiger partial charge on any atom is 0.280 e. The molecule has 0 heterocycles. The number of ether oxygens (including phenoxy) is 2. The van der Waals surface area contributed by atoms with Crippen molar-refractivity contribution < 1.29 is 19.2 Å². The van der Waals surface area contributed by atoms with E-state index in [-0.39, 0.29) is 5.69 Å². The van der Waals surface area contributed by atoms with Crippen molar-refractivity contribution in [2.75, 3.05) is 0 Å². The molecule has 1 atom stereocenters. The van der Waals surface area contributed by atoms with E-state index in [0.717, 1.165) is 16.9 Å². The zero-order chi connectivity index (χ0) is 22.9. The van der Waals surface area contributed by atoms with Gasteiger partial charge in [-0.2, -0.15) is 5.10 Å². The van der Waals surface area contributed by atoms with Crippen LogP contribution in [0.2, 0.25) is 0 Å². The second-order valence-corrected chi connectivity index (χ2v) is 7.09. The molecule has 1 amide bonds. The number of non-ortho nitro benzene ring substituents is 1. The molecule has 8 heteroatoms. The van der Waals surface area contributed by atoms with Gasteiger partial charge in [0.05, 0.1) is 11.1 Å². The number of rotatable bonds is 9. The molecule has 3 rings (SSSR count). The van der Waals surface area contributed by atoms with Crippen molar-refractivity contribution in [3.05, 3.63) is 99.6 Å². The maximum absolute atomic E-state index is 12.1. The monoisotopic (exact) mass is 433 g/mol. The van der Waals surface area contributed by atoms with E-state index in [1.54, 1.807) is 6.92 Å². The molecule has 0 aromatic heterocycles. The second kappa shape index (κ2) is 10.7. The van der Waals surface area contributed by atoms with Gasteiger partial charge in [-0.05, 0) is 61.4 Å². The minimum absolute atomic E-state index is 0.0503. The summed E-state index contributed by atoms with van der Waals surface area (Å²) in [7, 11) is 0. The predicted molar refractivity (Wildman–Crippen MR) is 121 cm³/mol. The molecule has 1 N–H and O–H groups in total. The standard InChI is InChI=1S/C24H23N3O5/c1-17-3-5-20(6-4-17)16-31-22-11-7-19(8-12-22)15-25-26-24(28)18(2)32-23-13-9-21(10-14-23)27(29)30/h3-15,18H,16H2,1-2H3,(H,26,28)/b25-15-/t18-/m1/s1. The Morgan fingerprint density at radius 1 is 1.03 bits per heavy atom. The first kappa shape index (κ1) is 22.5. The average molecular weight is 433 g/mol. The molecule has 0 fully saturated rings. The van der Waals surface area contributed by atoms with Crippen LogP contribution >= 0.6 is 0 Å². The van der Waals surface area contributed by atoms with Gasteiger partial charge in [0, 0.05) is 12.1 Å². The lowest BCUT2D eigenvalue weighted by Crippen LogP contribution is -2.33. The van der Waals surface area contributed by atoms with Gasteiger partial charge < -0.3 is 9.47 Å². The Morgan fingerprint density at radius 2 is 1.66 bits per heavy atom. The third kappa shape index (κ3) is 6.66. The number of nitro benzene ring substituents is 1. The summed E-state index contributed by atoms with van der Waals surface area (Å²) in [5, 5.41) is 14.6. The van der Waals surface area contributed by atoms with Gasteiger partial charge in [-0.15, -0.1) is 0 Å². The minimum Gasteiger partial charge on any atom is -0.489 e. The highest BCUT2D eigenvalue weighted by Crippen LogP contribution is 2.18. The highest BCUT2D eigenvalue weighted by molar-refractivity contribution is 5.84. The van der Waals surface area contributed by atoms with Crippen LogP contribution in [-0.4, -0.2) is 23.1 Å². The van der Waals surface area contributed by atoms with Crippen LogP contribution in [0.15, 0.2) is 77.9 Å². The van der Waals surface area contributed by atoms with E-state index in [1.165, 1.54) is 36.0 Å². The van der Waals surface area contributed by atoms with Crippen LogP contribution in [0.4, 0.5) is 5.69 Å². The fraction of sp³-hybridized carbons (Fsp3) is 0.167. The molecule has 0 aliphatic rings. The fourth-order valence-electron chi connectivity index (χ4n) is 2.67. The van der Waals surface area contributed by atoms with Gasteiger partial charge in [0.25, 0.3) is 11.6 Å². The number of carbonyl (C=O) groups excluding carboxylic acids is 1. The van der Waals surface area contributed by atoms with Crippen molar-refractivity contribution in [2.45, 2.75) is 26.6 Å². The molecule has 3 aromatic rings. The first-order valence-electron chi connectivity index (χ1n) is 9.93. The molecular weight excluding hydrogens is 410 g/mol. The molecule has 0 radical (unpaired) electrons. The van der Waals surface area contributed by atoms with Crippen LogP contribution in [0, 0.1) is 17.0 Å². The Kier molecular flexibility index (Phi) is 7.53. The molecule has 0 aliphatic heterocycles. The van der Waals surface area contributed by atoms with Crippen molar-refractivity contribution in [1.82, 2.24) is 5.43 Å². The average Bonchev–Trinajstić information content (AvgIpc) is 2.80.